The Morgan fingerprint density at radius 1 is 0.564 bits per heavy atom. The van der Waals surface area contributed by atoms with Crippen molar-refractivity contribution in [2.45, 2.75) is 25.0 Å². The van der Waals surface area contributed by atoms with Crippen molar-refractivity contribution in [2.75, 3.05) is 14.1 Å². The van der Waals surface area contributed by atoms with Crippen LogP contribution >= 0.6 is 17.0 Å². The summed E-state index contributed by atoms with van der Waals surface area (Å²) in [6.07, 6.45) is 0.0462. The zero-order valence-electron chi connectivity index (χ0n) is 22.2. The molecular weight excluding hydrogens is 606 g/mol. The maximum atomic E-state index is 10.2. The minimum absolute atomic E-state index is 0.509. The van der Waals surface area contributed by atoms with Crippen LogP contribution in [0.15, 0.2) is 131 Å². The van der Waals surface area contributed by atoms with Gasteiger partial charge >= 0.3 is 37.9 Å². The monoisotopic (exact) mass is 638 g/mol. The van der Waals surface area contributed by atoms with Crippen LogP contribution in [0, 0.1) is 0 Å². The van der Waals surface area contributed by atoms with E-state index in [1.54, 1.807) is 14.1 Å². The maximum absolute atomic E-state index is 10.2. The molecule has 39 heavy (non-hydrogen) atoms. The van der Waals surface area contributed by atoms with Gasteiger partial charge in [0.1, 0.15) is 0 Å². The topological polar surface area (TPSA) is 65.2 Å². The molecule has 0 amide bonds. The van der Waals surface area contributed by atoms with E-state index in [9.17, 15) is 10.2 Å². The fraction of sp³-hybridized carbons (Fsp3) is 0.188. The fourth-order valence-corrected chi connectivity index (χ4v) is 3.89. The van der Waals surface area contributed by atoms with E-state index in [1.807, 2.05) is 121 Å². The summed E-state index contributed by atoms with van der Waals surface area (Å²) in [7, 11) is 13.4. The van der Waals surface area contributed by atoms with Crippen molar-refractivity contribution in [3.8, 4) is 0 Å². The summed E-state index contributed by atoms with van der Waals surface area (Å²) >= 11 is -0.826. The number of nitrogens with zero attached hydrogens (tertiary/aromatic N) is 2. The number of aliphatic hydroxyl groups excluding tert-OH is 2. The summed E-state index contributed by atoms with van der Waals surface area (Å²) in [6, 6.07) is 39.3. The summed E-state index contributed by atoms with van der Waals surface area (Å²) in [5, 5.41) is 20.4. The molecule has 0 aliphatic rings. The zero-order chi connectivity index (χ0) is 28.3. The van der Waals surface area contributed by atoms with Crippen LogP contribution in [0.1, 0.15) is 47.3 Å². The molecular formula is C32H34Cl2N2O2Zr. The van der Waals surface area contributed by atoms with E-state index in [0.717, 1.165) is 33.7 Å². The molecule has 0 aliphatic carbocycles. The van der Waals surface area contributed by atoms with Gasteiger partial charge in [-0.05, 0) is 22.3 Å². The SMILES string of the molecule is CN=C(CC(O)c1ccccc1)c1ccccc1.CN=C(CC(O)c1ccccc1)c1ccccc1.[Cl][Zr][Cl]. The minimum atomic E-state index is -0.826. The normalized spacial score (nSPS) is 12.7. The van der Waals surface area contributed by atoms with Gasteiger partial charge in [0, 0.05) is 38.4 Å². The predicted octanol–water partition coefficient (Wildman–Crippen LogP) is 7.83. The van der Waals surface area contributed by atoms with Crippen molar-refractivity contribution in [1.29, 1.82) is 0 Å². The number of halogens is 2. The molecule has 2 N–H and O–H groups in total. The molecule has 4 nitrogen and oxygen atoms in total. The summed E-state index contributed by atoms with van der Waals surface area (Å²) in [4.78, 5) is 8.56. The third-order valence-electron chi connectivity index (χ3n) is 5.90. The van der Waals surface area contributed by atoms with Crippen LogP contribution in [0.4, 0.5) is 0 Å². The van der Waals surface area contributed by atoms with E-state index in [1.165, 1.54) is 0 Å². The van der Waals surface area contributed by atoms with Crippen LogP contribution in [0.5, 0.6) is 0 Å². The average molecular weight is 641 g/mol. The second-order valence-corrected chi connectivity index (χ2v) is 12.1. The number of hydrogen-bond donors (Lipinski definition) is 2. The standard InChI is InChI=1S/2C16H17NO.2ClH.Zr/c2*1-17-15(13-8-4-2-5-9-13)12-16(18)14-10-6-3-7-11-14;;;/h2*2-11,16,18H,12H2,1H3;2*1H;/q;;;;+2/p-2. The molecule has 2 unspecified atom stereocenters. The number of aliphatic hydroxyl groups is 2. The molecule has 4 aromatic carbocycles. The quantitative estimate of drug-likeness (QED) is 0.193. The third-order valence-corrected chi connectivity index (χ3v) is 5.90. The first-order valence-electron chi connectivity index (χ1n) is 12.5. The second kappa shape index (κ2) is 19.6. The van der Waals surface area contributed by atoms with Crippen molar-refractivity contribution in [2.24, 2.45) is 9.98 Å². The Morgan fingerprint density at radius 3 is 1.08 bits per heavy atom. The van der Waals surface area contributed by atoms with Crippen LogP contribution in [-0.2, 0) is 20.8 Å². The third kappa shape index (κ3) is 12.1. The van der Waals surface area contributed by atoms with Crippen LogP contribution in [0.3, 0.4) is 0 Å². The molecule has 202 valence electrons. The van der Waals surface area contributed by atoms with E-state index in [2.05, 4.69) is 9.98 Å². The van der Waals surface area contributed by atoms with Gasteiger partial charge < -0.3 is 10.2 Å². The van der Waals surface area contributed by atoms with Crippen LogP contribution < -0.4 is 0 Å². The van der Waals surface area contributed by atoms with E-state index in [0.29, 0.717) is 12.8 Å². The molecule has 4 aromatic rings. The molecule has 2 atom stereocenters. The molecule has 7 heteroatoms. The molecule has 4 rings (SSSR count). The van der Waals surface area contributed by atoms with Gasteiger partial charge in [0.25, 0.3) is 0 Å². The molecule has 0 saturated heterocycles. The van der Waals surface area contributed by atoms with Crippen LogP contribution in [0.25, 0.3) is 0 Å². The predicted molar refractivity (Wildman–Crippen MR) is 162 cm³/mol. The second-order valence-electron chi connectivity index (χ2n) is 8.41. The van der Waals surface area contributed by atoms with Gasteiger partial charge in [0.15, 0.2) is 0 Å². The van der Waals surface area contributed by atoms with Gasteiger partial charge in [-0.3, -0.25) is 9.98 Å². The molecule has 0 aliphatic heterocycles. The van der Waals surface area contributed by atoms with E-state index in [4.69, 9.17) is 17.0 Å². The fourth-order valence-electron chi connectivity index (χ4n) is 3.89. The van der Waals surface area contributed by atoms with Crippen molar-refractivity contribution in [3.05, 3.63) is 144 Å². The summed E-state index contributed by atoms with van der Waals surface area (Å²) in [5.41, 5.74) is 5.83. The number of aliphatic imine (C=N–C) groups is 2. The summed E-state index contributed by atoms with van der Waals surface area (Å²) in [6.45, 7) is 0. The van der Waals surface area contributed by atoms with E-state index < -0.39 is 33.1 Å². The molecule has 0 saturated carbocycles. The van der Waals surface area contributed by atoms with E-state index >= 15 is 0 Å². The Labute approximate surface area is 250 Å². The molecule has 0 fully saturated rings. The Hall–Kier alpha value is -2.40. The van der Waals surface area contributed by atoms with Gasteiger partial charge in [-0.1, -0.05) is 121 Å². The van der Waals surface area contributed by atoms with Gasteiger partial charge in [-0.25, -0.2) is 0 Å². The molecule has 0 radical (unpaired) electrons. The average Bonchev–Trinajstić information content (AvgIpc) is 3.01. The van der Waals surface area contributed by atoms with Gasteiger partial charge in [0.2, 0.25) is 0 Å². The molecule has 0 heterocycles. The van der Waals surface area contributed by atoms with Crippen molar-refractivity contribution in [3.63, 3.8) is 0 Å². The Morgan fingerprint density at radius 2 is 0.821 bits per heavy atom. The first-order valence-corrected chi connectivity index (χ1v) is 18.8. The Kier molecular flexibility index (Phi) is 16.5. The Bertz CT molecular complexity index is 1140. The van der Waals surface area contributed by atoms with Crippen LogP contribution in [0.2, 0.25) is 0 Å². The van der Waals surface area contributed by atoms with Crippen molar-refractivity contribution >= 4 is 28.4 Å². The number of hydrogen-bond acceptors (Lipinski definition) is 4. The van der Waals surface area contributed by atoms with Gasteiger partial charge in [-0.15, -0.1) is 0 Å². The van der Waals surface area contributed by atoms with Crippen molar-refractivity contribution in [1.82, 2.24) is 0 Å². The zero-order valence-corrected chi connectivity index (χ0v) is 26.1. The van der Waals surface area contributed by atoms with Gasteiger partial charge in [-0.2, -0.15) is 0 Å². The number of rotatable bonds is 8. The summed E-state index contributed by atoms with van der Waals surface area (Å²) < 4.78 is 0. The first-order chi connectivity index (χ1) is 19.0. The Balaban J connectivity index is 0.000000249. The van der Waals surface area contributed by atoms with E-state index in [-0.39, 0.29) is 0 Å². The number of benzene rings is 4. The molecule has 0 bridgehead atoms. The molecule has 0 aromatic heterocycles. The van der Waals surface area contributed by atoms with Crippen LogP contribution in [-0.4, -0.2) is 35.7 Å². The summed E-state index contributed by atoms with van der Waals surface area (Å²) in [5.74, 6) is 0. The first kappa shape index (κ1) is 32.8. The van der Waals surface area contributed by atoms with Gasteiger partial charge in [0.05, 0.1) is 12.2 Å². The molecule has 0 spiro atoms. The van der Waals surface area contributed by atoms with Crippen molar-refractivity contribution < 1.29 is 31.1 Å².